The topological polar surface area (TPSA) is 32.3 Å². The number of rotatable bonds is 3. The molecule has 0 saturated carbocycles. The van der Waals surface area contributed by atoms with Crippen LogP contribution in [0, 0.1) is 11.3 Å². The molecule has 0 aromatic carbocycles. The van der Waals surface area contributed by atoms with Gasteiger partial charge in [0.15, 0.2) is 0 Å². The molecule has 1 amide bonds. The van der Waals surface area contributed by atoms with Gasteiger partial charge < -0.3 is 5.32 Å². The minimum Gasteiger partial charge on any atom is -0.354 e. The summed E-state index contributed by atoms with van der Waals surface area (Å²) in [5.74, 6) is 0.998. The van der Waals surface area contributed by atoms with Crippen LogP contribution >= 0.6 is 0 Å². The lowest BCUT2D eigenvalue weighted by Crippen LogP contribution is -2.43. The first-order chi connectivity index (χ1) is 7.37. The highest BCUT2D eigenvalue weighted by atomic mass is 16.2. The molecule has 0 aromatic heterocycles. The van der Waals surface area contributed by atoms with Crippen LogP contribution in [0.25, 0.3) is 0 Å². The molecule has 0 bridgehead atoms. The summed E-state index contributed by atoms with van der Waals surface area (Å²) in [5, 5.41) is 3.00. The van der Waals surface area contributed by atoms with Crippen LogP contribution in [0.15, 0.2) is 0 Å². The van der Waals surface area contributed by atoms with E-state index in [2.05, 4.69) is 37.9 Å². The van der Waals surface area contributed by atoms with Crippen molar-refractivity contribution in [1.29, 1.82) is 0 Å². The second kappa shape index (κ2) is 5.67. The van der Waals surface area contributed by atoms with E-state index in [1.165, 1.54) is 12.8 Å². The van der Waals surface area contributed by atoms with Crippen molar-refractivity contribution in [3.8, 4) is 0 Å². The molecule has 1 fully saturated rings. The van der Waals surface area contributed by atoms with Crippen LogP contribution in [-0.4, -0.2) is 37.0 Å². The number of nitrogens with zero attached hydrogens (tertiary/aromatic N) is 1. The smallest absolute Gasteiger partial charge is 0.234 e. The van der Waals surface area contributed by atoms with Crippen molar-refractivity contribution in [3.05, 3.63) is 0 Å². The predicted molar refractivity (Wildman–Crippen MR) is 67.3 cm³/mol. The third-order valence-electron chi connectivity index (χ3n) is 3.06. The number of carbonyl (C=O) groups is 1. The lowest BCUT2D eigenvalue weighted by molar-refractivity contribution is -0.123. The molecule has 0 unspecified atom stereocenters. The zero-order chi connectivity index (χ0) is 12.2. The number of hydrogen-bond acceptors (Lipinski definition) is 2. The first-order valence-electron chi connectivity index (χ1n) is 6.36. The zero-order valence-corrected chi connectivity index (χ0v) is 11.2. The standard InChI is InChI=1S/C13H26N2O/c1-11-5-7-15(8-6-11)9-12(16)14-10-13(2,3)4/h11H,5-10H2,1-4H3,(H,14,16). The number of nitrogens with one attached hydrogen (secondary N) is 1. The van der Waals surface area contributed by atoms with Crippen LogP contribution in [-0.2, 0) is 4.79 Å². The van der Waals surface area contributed by atoms with Crippen LogP contribution in [0.5, 0.6) is 0 Å². The summed E-state index contributed by atoms with van der Waals surface area (Å²) < 4.78 is 0. The Morgan fingerprint density at radius 3 is 2.38 bits per heavy atom. The molecule has 1 rings (SSSR count). The molecule has 1 aliphatic heterocycles. The summed E-state index contributed by atoms with van der Waals surface area (Å²) in [6.07, 6.45) is 2.46. The summed E-state index contributed by atoms with van der Waals surface area (Å²) in [6.45, 7) is 12.2. The Hall–Kier alpha value is -0.570. The van der Waals surface area contributed by atoms with Crippen molar-refractivity contribution in [2.45, 2.75) is 40.5 Å². The molecular formula is C13H26N2O. The average molecular weight is 226 g/mol. The Morgan fingerprint density at radius 2 is 1.88 bits per heavy atom. The van der Waals surface area contributed by atoms with E-state index in [0.717, 1.165) is 25.6 Å². The number of hydrogen-bond donors (Lipinski definition) is 1. The maximum Gasteiger partial charge on any atom is 0.234 e. The highest BCUT2D eigenvalue weighted by molar-refractivity contribution is 5.78. The Bertz CT molecular complexity index is 225. The minimum atomic E-state index is 0.171. The third kappa shape index (κ3) is 5.50. The fraction of sp³-hybridized carbons (Fsp3) is 0.923. The zero-order valence-electron chi connectivity index (χ0n) is 11.2. The summed E-state index contributed by atoms with van der Waals surface area (Å²) in [6, 6.07) is 0. The van der Waals surface area contributed by atoms with Gasteiger partial charge in [0.1, 0.15) is 0 Å². The van der Waals surface area contributed by atoms with Gasteiger partial charge in [0.2, 0.25) is 5.91 Å². The second-order valence-electron chi connectivity index (χ2n) is 6.30. The highest BCUT2D eigenvalue weighted by Gasteiger charge is 2.18. The van der Waals surface area contributed by atoms with Crippen LogP contribution in [0.3, 0.4) is 0 Å². The van der Waals surface area contributed by atoms with Gasteiger partial charge >= 0.3 is 0 Å². The van der Waals surface area contributed by atoms with E-state index in [1.54, 1.807) is 0 Å². The van der Waals surface area contributed by atoms with Crippen molar-refractivity contribution in [1.82, 2.24) is 10.2 Å². The molecule has 1 heterocycles. The van der Waals surface area contributed by atoms with E-state index in [-0.39, 0.29) is 11.3 Å². The lowest BCUT2D eigenvalue weighted by atomic mass is 9.97. The van der Waals surface area contributed by atoms with Gasteiger partial charge in [-0.1, -0.05) is 27.7 Å². The molecule has 3 nitrogen and oxygen atoms in total. The monoisotopic (exact) mass is 226 g/mol. The number of piperidine rings is 1. The maximum atomic E-state index is 11.7. The van der Waals surface area contributed by atoms with Gasteiger partial charge in [-0.15, -0.1) is 0 Å². The van der Waals surface area contributed by atoms with Gasteiger partial charge in [0.05, 0.1) is 6.54 Å². The molecular weight excluding hydrogens is 200 g/mol. The fourth-order valence-electron chi connectivity index (χ4n) is 1.84. The van der Waals surface area contributed by atoms with Gasteiger partial charge in [-0.3, -0.25) is 9.69 Å². The molecule has 1 saturated heterocycles. The molecule has 0 spiro atoms. The van der Waals surface area contributed by atoms with Crippen molar-refractivity contribution >= 4 is 5.91 Å². The van der Waals surface area contributed by atoms with E-state index >= 15 is 0 Å². The summed E-state index contributed by atoms with van der Waals surface area (Å²) in [5.41, 5.74) is 0.173. The van der Waals surface area contributed by atoms with Crippen LogP contribution < -0.4 is 5.32 Å². The fourth-order valence-corrected chi connectivity index (χ4v) is 1.84. The largest absolute Gasteiger partial charge is 0.354 e. The SMILES string of the molecule is CC1CCN(CC(=O)NCC(C)(C)C)CC1. The number of likely N-dealkylation sites (tertiary alicyclic amines) is 1. The predicted octanol–water partition coefficient (Wildman–Crippen LogP) is 1.88. The maximum absolute atomic E-state index is 11.7. The molecule has 1 aliphatic rings. The minimum absolute atomic E-state index is 0.171. The van der Waals surface area contributed by atoms with Gasteiger partial charge in [-0.25, -0.2) is 0 Å². The first-order valence-corrected chi connectivity index (χ1v) is 6.36. The second-order valence-corrected chi connectivity index (χ2v) is 6.30. The lowest BCUT2D eigenvalue weighted by Gasteiger charge is -2.30. The number of amides is 1. The van der Waals surface area contributed by atoms with E-state index < -0.39 is 0 Å². The highest BCUT2D eigenvalue weighted by Crippen LogP contribution is 2.15. The van der Waals surface area contributed by atoms with Crippen LogP contribution in [0.1, 0.15) is 40.5 Å². The molecule has 3 heteroatoms. The average Bonchev–Trinajstić information content (AvgIpc) is 2.18. The molecule has 0 radical (unpaired) electrons. The normalized spacial score (nSPS) is 19.8. The van der Waals surface area contributed by atoms with Crippen LogP contribution in [0.2, 0.25) is 0 Å². The van der Waals surface area contributed by atoms with Crippen molar-refractivity contribution in [2.75, 3.05) is 26.2 Å². The van der Waals surface area contributed by atoms with Gasteiger partial charge in [-0.05, 0) is 37.3 Å². The first kappa shape index (κ1) is 13.5. The van der Waals surface area contributed by atoms with Gasteiger partial charge in [0.25, 0.3) is 0 Å². The number of carbonyl (C=O) groups excluding carboxylic acids is 1. The van der Waals surface area contributed by atoms with Crippen molar-refractivity contribution in [2.24, 2.45) is 11.3 Å². The Kier molecular flexibility index (Phi) is 4.78. The molecule has 0 atom stereocenters. The van der Waals surface area contributed by atoms with Crippen LogP contribution in [0.4, 0.5) is 0 Å². The molecule has 94 valence electrons. The third-order valence-corrected chi connectivity index (χ3v) is 3.06. The molecule has 1 N–H and O–H groups in total. The molecule has 0 aliphatic carbocycles. The van der Waals surface area contributed by atoms with Crippen molar-refractivity contribution < 1.29 is 4.79 Å². The molecule has 16 heavy (non-hydrogen) atoms. The summed E-state index contributed by atoms with van der Waals surface area (Å²) in [7, 11) is 0. The van der Waals surface area contributed by atoms with E-state index in [0.29, 0.717) is 6.54 Å². The Labute approximate surface area is 99.6 Å². The van der Waals surface area contributed by atoms with E-state index in [1.807, 2.05) is 0 Å². The Morgan fingerprint density at radius 1 is 1.31 bits per heavy atom. The van der Waals surface area contributed by atoms with Gasteiger partial charge in [-0.2, -0.15) is 0 Å². The summed E-state index contributed by atoms with van der Waals surface area (Å²) >= 11 is 0. The van der Waals surface area contributed by atoms with E-state index in [9.17, 15) is 4.79 Å². The summed E-state index contributed by atoms with van der Waals surface area (Å²) in [4.78, 5) is 13.9. The quantitative estimate of drug-likeness (QED) is 0.797. The Balaban J connectivity index is 2.19. The molecule has 0 aromatic rings. The van der Waals surface area contributed by atoms with E-state index in [4.69, 9.17) is 0 Å². The van der Waals surface area contributed by atoms with Crippen molar-refractivity contribution in [3.63, 3.8) is 0 Å². The van der Waals surface area contributed by atoms with Gasteiger partial charge in [0, 0.05) is 6.54 Å².